The highest BCUT2D eigenvalue weighted by Crippen LogP contribution is 2.42. The number of nitrogen functional groups attached to an aromatic ring is 1. The number of benzene rings is 4. The molecule has 0 bridgehead atoms. The molecular formula is C33H28N6O2. The molecule has 2 amide bonds. The number of urea groups is 1. The van der Waals surface area contributed by atoms with Crippen LogP contribution in [0.25, 0.3) is 33.6 Å². The van der Waals surface area contributed by atoms with Crippen LogP contribution < -0.4 is 21.7 Å². The Balaban J connectivity index is 1.17. The Morgan fingerprint density at radius 1 is 0.756 bits per heavy atom. The maximum Gasteiger partial charge on any atom is 0.323 e. The standard InChI is InChI=1S/C33H28N6O2/c34-25-12-7-13-27(20-25)39-33(40)38-26-16-14-22(15-17-26)18-19-35-31-29-28(23-8-3-1-4-9-23)30(24-10-5-2-6-11-24)41-32(29)37-21-36-31/h1-17,20-21H,18-19,34H2,(H,35,36,37)(H2,38,39,40). The number of aromatic nitrogens is 2. The average molecular weight is 541 g/mol. The third-order valence-corrected chi connectivity index (χ3v) is 6.65. The lowest BCUT2D eigenvalue weighted by atomic mass is 9.99. The Kier molecular flexibility index (Phi) is 7.27. The molecule has 6 rings (SSSR count). The van der Waals surface area contributed by atoms with Crippen molar-refractivity contribution in [1.82, 2.24) is 9.97 Å². The van der Waals surface area contributed by atoms with E-state index in [0.717, 1.165) is 45.6 Å². The number of hydrogen-bond donors (Lipinski definition) is 4. The van der Waals surface area contributed by atoms with E-state index in [-0.39, 0.29) is 6.03 Å². The van der Waals surface area contributed by atoms with Crippen molar-refractivity contribution in [3.05, 3.63) is 121 Å². The van der Waals surface area contributed by atoms with Gasteiger partial charge < -0.3 is 26.1 Å². The number of furan rings is 1. The summed E-state index contributed by atoms with van der Waals surface area (Å²) in [6, 6.07) is 34.7. The number of anilines is 4. The number of amides is 2. The van der Waals surface area contributed by atoms with Crippen LogP contribution >= 0.6 is 0 Å². The second-order valence-corrected chi connectivity index (χ2v) is 9.52. The zero-order valence-corrected chi connectivity index (χ0v) is 22.2. The van der Waals surface area contributed by atoms with Crippen LogP contribution in [0.4, 0.5) is 27.7 Å². The van der Waals surface area contributed by atoms with Gasteiger partial charge in [0.1, 0.15) is 17.9 Å². The molecule has 0 spiro atoms. The number of nitrogens with one attached hydrogen (secondary N) is 3. The fourth-order valence-electron chi connectivity index (χ4n) is 4.73. The SMILES string of the molecule is Nc1cccc(NC(=O)Nc2ccc(CCNc3ncnc4oc(-c5ccccc5)c(-c5ccccc5)c34)cc2)c1. The maximum absolute atomic E-state index is 12.3. The van der Waals surface area contributed by atoms with E-state index in [0.29, 0.717) is 29.3 Å². The first-order chi connectivity index (χ1) is 20.1. The number of carbonyl (C=O) groups is 1. The second kappa shape index (κ2) is 11.6. The van der Waals surface area contributed by atoms with Crippen molar-refractivity contribution in [3.8, 4) is 22.5 Å². The number of nitrogens with zero attached hydrogens (tertiary/aromatic N) is 2. The lowest BCUT2D eigenvalue weighted by Crippen LogP contribution is -2.19. The molecule has 0 fully saturated rings. The topological polar surface area (TPSA) is 118 Å². The Hall–Kier alpha value is -5.63. The molecule has 0 atom stereocenters. The van der Waals surface area contributed by atoms with Crippen molar-refractivity contribution in [2.75, 3.05) is 28.2 Å². The molecule has 6 aromatic rings. The van der Waals surface area contributed by atoms with Gasteiger partial charge in [0.25, 0.3) is 0 Å². The lowest BCUT2D eigenvalue weighted by molar-refractivity contribution is 0.262. The van der Waals surface area contributed by atoms with E-state index in [4.69, 9.17) is 10.2 Å². The first kappa shape index (κ1) is 25.6. The minimum atomic E-state index is -0.331. The molecular weight excluding hydrogens is 512 g/mol. The molecule has 0 radical (unpaired) electrons. The summed E-state index contributed by atoms with van der Waals surface area (Å²) in [6.07, 6.45) is 2.28. The lowest BCUT2D eigenvalue weighted by Gasteiger charge is -2.10. The van der Waals surface area contributed by atoms with Crippen LogP contribution in [0.3, 0.4) is 0 Å². The van der Waals surface area contributed by atoms with Gasteiger partial charge in [-0.2, -0.15) is 0 Å². The highest BCUT2D eigenvalue weighted by Gasteiger charge is 2.21. The van der Waals surface area contributed by atoms with Crippen LogP contribution in [-0.2, 0) is 6.42 Å². The molecule has 202 valence electrons. The van der Waals surface area contributed by atoms with Crippen LogP contribution in [0.5, 0.6) is 0 Å². The molecule has 8 nitrogen and oxygen atoms in total. The van der Waals surface area contributed by atoms with E-state index in [9.17, 15) is 4.79 Å². The number of rotatable bonds is 8. The van der Waals surface area contributed by atoms with Crippen molar-refractivity contribution in [1.29, 1.82) is 0 Å². The van der Waals surface area contributed by atoms with Crippen molar-refractivity contribution >= 4 is 40.0 Å². The summed E-state index contributed by atoms with van der Waals surface area (Å²) in [7, 11) is 0. The number of nitrogens with two attached hydrogens (primary N) is 1. The van der Waals surface area contributed by atoms with Crippen molar-refractivity contribution in [2.45, 2.75) is 6.42 Å². The molecule has 0 saturated carbocycles. The van der Waals surface area contributed by atoms with Gasteiger partial charge in [-0.1, -0.05) is 78.9 Å². The zero-order chi connectivity index (χ0) is 28.0. The summed E-state index contributed by atoms with van der Waals surface area (Å²) in [5.41, 5.74) is 12.3. The molecule has 4 aromatic carbocycles. The van der Waals surface area contributed by atoms with E-state index in [1.54, 1.807) is 24.3 Å². The van der Waals surface area contributed by atoms with E-state index in [2.05, 4.69) is 38.1 Å². The smallest absolute Gasteiger partial charge is 0.323 e. The van der Waals surface area contributed by atoms with Crippen LogP contribution in [0.2, 0.25) is 0 Å². The van der Waals surface area contributed by atoms with Gasteiger partial charge >= 0.3 is 6.03 Å². The molecule has 0 aliphatic rings. The fourth-order valence-corrected chi connectivity index (χ4v) is 4.73. The third-order valence-electron chi connectivity index (χ3n) is 6.65. The van der Waals surface area contributed by atoms with Gasteiger partial charge in [-0.25, -0.2) is 14.8 Å². The van der Waals surface area contributed by atoms with Gasteiger partial charge in [0, 0.05) is 34.7 Å². The fraction of sp³-hybridized carbons (Fsp3) is 0.0606. The molecule has 5 N–H and O–H groups in total. The molecule has 8 heteroatoms. The maximum atomic E-state index is 12.3. The van der Waals surface area contributed by atoms with Crippen LogP contribution in [0.15, 0.2) is 120 Å². The number of fused-ring (bicyclic) bond motifs is 1. The van der Waals surface area contributed by atoms with E-state index in [1.165, 1.54) is 6.33 Å². The molecule has 41 heavy (non-hydrogen) atoms. The van der Waals surface area contributed by atoms with Gasteiger partial charge in [0.05, 0.1) is 5.39 Å². The van der Waals surface area contributed by atoms with Gasteiger partial charge in [0.2, 0.25) is 5.71 Å². The van der Waals surface area contributed by atoms with Gasteiger partial charge in [0.15, 0.2) is 0 Å². The quantitative estimate of drug-likeness (QED) is 0.149. The molecule has 2 heterocycles. The Labute approximate surface area is 237 Å². The minimum Gasteiger partial charge on any atom is -0.437 e. The van der Waals surface area contributed by atoms with E-state index < -0.39 is 0 Å². The molecule has 0 aliphatic carbocycles. The average Bonchev–Trinajstić information content (AvgIpc) is 3.40. The molecule has 0 aliphatic heterocycles. The second-order valence-electron chi connectivity index (χ2n) is 9.52. The Morgan fingerprint density at radius 2 is 1.46 bits per heavy atom. The predicted octanol–water partition coefficient (Wildman–Crippen LogP) is 7.44. The van der Waals surface area contributed by atoms with Crippen LogP contribution in [-0.4, -0.2) is 22.5 Å². The summed E-state index contributed by atoms with van der Waals surface area (Å²) >= 11 is 0. The van der Waals surface area contributed by atoms with Crippen molar-refractivity contribution in [3.63, 3.8) is 0 Å². The van der Waals surface area contributed by atoms with E-state index >= 15 is 0 Å². The monoisotopic (exact) mass is 540 g/mol. The predicted molar refractivity (Wildman–Crippen MR) is 165 cm³/mol. The van der Waals surface area contributed by atoms with Gasteiger partial charge in [-0.3, -0.25) is 0 Å². The highest BCUT2D eigenvalue weighted by atomic mass is 16.3. The molecule has 0 saturated heterocycles. The Morgan fingerprint density at radius 3 is 2.20 bits per heavy atom. The van der Waals surface area contributed by atoms with E-state index in [1.807, 2.05) is 72.8 Å². The van der Waals surface area contributed by atoms with Gasteiger partial charge in [-0.15, -0.1) is 0 Å². The highest BCUT2D eigenvalue weighted by molar-refractivity contribution is 6.05. The van der Waals surface area contributed by atoms with Gasteiger partial charge in [-0.05, 0) is 47.9 Å². The van der Waals surface area contributed by atoms with Crippen LogP contribution in [0.1, 0.15) is 5.56 Å². The largest absolute Gasteiger partial charge is 0.437 e. The summed E-state index contributed by atoms with van der Waals surface area (Å²) in [5, 5.41) is 9.96. The summed E-state index contributed by atoms with van der Waals surface area (Å²) in [6.45, 7) is 0.648. The first-order valence-electron chi connectivity index (χ1n) is 13.3. The van der Waals surface area contributed by atoms with Crippen molar-refractivity contribution < 1.29 is 9.21 Å². The summed E-state index contributed by atoms with van der Waals surface area (Å²) in [4.78, 5) is 21.4. The zero-order valence-electron chi connectivity index (χ0n) is 22.2. The minimum absolute atomic E-state index is 0.331. The first-order valence-corrected chi connectivity index (χ1v) is 13.3. The normalized spacial score (nSPS) is 10.8. The molecule has 0 unspecified atom stereocenters. The Bertz CT molecular complexity index is 1780. The number of carbonyl (C=O) groups excluding carboxylic acids is 1. The molecule has 2 aromatic heterocycles. The van der Waals surface area contributed by atoms with Crippen molar-refractivity contribution in [2.24, 2.45) is 0 Å². The summed E-state index contributed by atoms with van der Waals surface area (Å²) < 4.78 is 6.30. The summed E-state index contributed by atoms with van der Waals surface area (Å²) in [5.74, 6) is 1.48. The van der Waals surface area contributed by atoms with Crippen LogP contribution in [0, 0.1) is 0 Å². The number of hydrogen-bond acceptors (Lipinski definition) is 6. The third kappa shape index (κ3) is 5.86.